The molecule has 0 atom stereocenters. The zero-order chi connectivity index (χ0) is 41.0. The molecule has 59 heavy (non-hydrogen) atoms. The fourth-order valence-corrected chi connectivity index (χ4v) is 10.0. The SMILES string of the molecule is CCCC1CCC(c2ccc(CCc3ccc4c(F)c(F)ccc4c3)cc2)CC1.CCCCCC1CCC(c2ccc(CCc3ccc4cc(F)ccc4c3)cc2)CC1. The molecule has 0 radical (unpaired) electrons. The Morgan fingerprint density at radius 1 is 0.424 bits per heavy atom. The van der Waals surface area contributed by atoms with E-state index in [0.717, 1.165) is 71.1 Å². The van der Waals surface area contributed by atoms with Crippen LogP contribution in [0, 0.1) is 29.3 Å². The Morgan fingerprint density at radius 2 is 0.898 bits per heavy atom. The van der Waals surface area contributed by atoms with Crippen molar-refractivity contribution in [2.24, 2.45) is 11.8 Å². The predicted molar refractivity (Wildman–Crippen MR) is 244 cm³/mol. The third-order valence-electron chi connectivity index (χ3n) is 13.8. The van der Waals surface area contributed by atoms with Crippen LogP contribution in [0.25, 0.3) is 21.5 Å². The Balaban J connectivity index is 0.000000179. The van der Waals surface area contributed by atoms with Gasteiger partial charge in [-0.1, -0.05) is 149 Å². The van der Waals surface area contributed by atoms with Gasteiger partial charge in [0.1, 0.15) is 5.82 Å². The highest BCUT2D eigenvalue weighted by atomic mass is 19.2. The topological polar surface area (TPSA) is 0 Å². The molecule has 0 aliphatic heterocycles. The summed E-state index contributed by atoms with van der Waals surface area (Å²) in [4.78, 5) is 0. The molecule has 0 bridgehead atoms. The van der Waals surface area contributed by atoms with E-state index in [1.807, 2.05) is 24.3 Å². The molecule has 0 spiro atoms. The quantitative estimate of drug-likeness (QED) is 0.0964. The molecule has 0 heterocycles. The molecule has 8 rings (SSSR count). The molecular weight excluding hydrogens is 730 g/mol. The molecule has 2 saturated carbocycles. The molecule has 2 aliphatic carbocycles. The minimum Gasteiger partial charge on any atom is -0.207 e. The van der Waals surface area contributed by atoms with E-state index in [0.29, 0.717) is 5.39 Å². The third kappa shape index (κ3) is 11.9. The van der Waals surface area contributed by atoms with Crippen LogP contribution in [-0.2, 0) is 25.7 Å². The van der Waals surface area contributed by atoms with Crippen molar-refractivity contribution in [2.75, 3.05) is 0 Å². The van der Waals surface area contributed by atoms with E-state index in [-0.39, 0.29) is 5.82 Å². The highest BCUT2D eigenvalue weighted by Gasteiger charge is 2.23. The van der Waals surface area contributed by atoms with Gasteiger partial charge in [-0.25, -0.2) is 13.2 Å². The molecule has 0 N–H and O–H groups in total. The number of fused-ring (bicyclic) bond motifs is 2. The Kier molecular flexibility index (Phi) is 15.4. The first-order valence-corrected chi connectivity index (χ1v) is 23.1. The minimum atomic E-state index is -0.788. The van der Waals surface area contributed by atoms with Crippen molar-refractivity contribution < 1.29 is 13.2 Å². The van der Waals surface area contributed by atoms with Gasteiger partial charge in [-0.05, 0) is 168 Å². The predicted octanol–water partition coefficient (Wildman–Crippen LogP) is 16.6. The van der Waals surface area contributed by atoms with Crippen LogP contribution in [0.4, 0.5) is 13.2 Å². The number of unbranched alkanes of at least 4 members (excludes halogenated alkanes) is 2. The molecule has 310 valence electrons. The second-order valence-corrected chi connectivity index (χ2v) is 17.9. The maximum Gasteiger partial charge on any atom is 0.166 e. The van der Waals surface area contributed by atoms with Gasteiger partial charge in [-0.15, -0.1) is 0 Å². The molecule has 0 saturated heterocycles. The molecule has 0 unspecified atom stereocenters. The monoisotopic (exact) mass is 795 g/mol. The van der Waals surface area contributed by atoms with Crippen LogP contribution in [-0.4, -0.2) is 0 Å². The lowest BCUT2D eigenvalue weighted by molar-refractivity contribution is 0.303. The summed E-state index contributed by atoms with van der Waals surface area (Å²) in [6, 6.07) is 38.4. The van der Waals surface area contributed by atoms with E-state index in [1.165, 1.54) is 118 Å². The minimum absolute atomic E-state index is 0.166. The Bertz CT molecular complexity index is 2200. The van der Waals surface area contributed by atoms with Gasteiger partial charge in [-0.2, -0.15) is 0 Å². The first kappa shape index (κ1) is 42.7. The van der Waals surface area contributed by atoms with Gasteiger partial charge in [0.15, 0.2) is 11.6 Å². The molecular formula is C56H65F3. The fourth-order valence-electron chi connectivity index (χ4n) is 10.0. The van der Waals surface area contributed by atoms with E-state index < -0.39 is 11.6 Å². The van der Waals surface area contributed by atoms with Crippen molar-refractivity contribution in [1.82, 2.24) is 0 Å². The number of halogens is 3. The number of aryl methyl sites for hydroxylation is 4. The van der Waals surface area contributed by atoms with Gasteiger partial charge in [-0.3, -0.25) is 0 Å². The van der Waals surface area contributed by atoms with Crippen LogP contribution < -0.4 is 0 Å². The molecule has 0 amide bonds. The van der Waals surface area contributed by atoms with Crippen LogP contribution in [0.15, 0.2) is 115 Å². The summed E-state index contributed by atoms with van der Waals surface area (Å²) < 4.78 is 40.6. The van der Waals surface area contributed by atoms with E-state index in [2.05, 4.69) is 74.5 Å². The smallest absolute Gasteiger partial charge is 0.166 e. The van der Waals surface area contributed by atoms with E-state index in [1.54, 1.807) is 29.8 Å². The Labute approximate surface area is 352 Å². The van der Waals surface area contributed by atoms with Crippen LogP contribution in [0.1, 0.15) is 149 Å². The Morgan fingerprint density at radius 3 is 1.47 bits per heavy atom. The van der Waals surface area contributed by atoms with Crippen molar-refractivity contribution in [3.05, 3.63) is 166 Å². The summed E-state index contributed by atoms with van der Waals surface area (Å²) in [5.41, 5.74) is 8.25. The normalized spacial score (nSPS) is 19.4. The highest BCUT2D eigenvalue weighted by molar-refractivity contribution is 5.84. The van der Waals surface area contributed by atoms with Gasteiger partial charge in [0.25, 0.3) is 0 Å². The fraction of sp³-hybridized carbons (Fsp3) is 0.429. The Hall–Kier alpha value is -4.37. The summed E-state index contributed by atoms with van der Waals surface area (Å²) in [6.45, 7) is 4.59. The second kappa shape index (κ2) is 21.2. The second-order valence-electron chi connectivity index (χ2n) is 17.9. The summed E-state index contributed by atoms with van der Waals surface area (Å²) in [6.07, 6.45) is 23.2. The van der Waals surface area contributed by atoms with Crippen molar-refractivity contribution >= 4 is 21.5 Å². The molecule has 3 heteroatoms. The number of benzene rings is 6. The zero-order valence-corrected chi connectivity index (χ0v) is 35.6. The molecule has 2 fully saturated rings. The van der Waals surface area contributed by atoms with Gasteiger partial charge >= 0.3 is 0 Å². The summed E-state index contributed by atoms with van der Waals surface area (Å²) in [5, 5.41) is 3.21. The average molecular weight is 795 g/mol. The van der Waals surface area contributed by atoms with Gasteiger partial charge in [0.2, 0.25) is 0 Å². The first-order valence-electron chi connectivity index (χ1n) is 23.1. The molecule has 6 aromatic rings. The number of hydrogen-bond donors (Lipinski definition) is 0. The summed E-state index contributed by atoms with van der Waals surface area (Å²) in [7, 11) is 0. The summed E-state index contributed by atoms with van der Waals surface area (Å²) >= 11 is 0. The van der Waals surface area contributed by atoms with E-state index in [9.17, 15) is 13.2 Å². The lowest BCUT2D eigenvalue weighted by Gasteiger charge is -2.29. The van der Waals surface area contributed by atoms with Gasteiger partial charge < -0.3 is 0 Å². The molecule has 6 aromatic carbocycles. The summed E-state index contributed by atoms with van der Waals surface area (Å²) in [5.74, 6) is 1.71. The maximum atomic E-state index is 13.9. The first-order chi connectivity index (χ1) is 28.8. The van der Waals surface area contributed by atoms with E-state index >= 15 is 0 Å². The lowest BCUT2D eigenvalue weighted by Crippen LogP contribution is -2.13. The van der Waals surface area contributed by atoms with Crippen molar-refractivity contribution in [1.29, 1.82) is 0 Å². The third-order valence-corrected chi connectivity index (χ3v) is 13.8. The van der Waals surface area contributed by atoms with Crippen LogP contribution >= 0.6 is 0 Å². The zero-order valence-electron chi connectivity index (χ0n) is 35.6. The van der Waals surface area contributed by atoms with Crippen LogP contribution in [0.3, 0.4) is 0 Å². The van der Waals surface area contributed by atoms with Crippen LogP contribution in [0.5, 0.6) is 0 Å². The standard InChI is InChI=1S/C29H35F.C27H30F2/c1-2-3-4-5-22-8-13-25(14-9-22)26-15-10-23(11-16-26)6-7-24-12-17-28-21-29(30)19-18-27(28)20-24;1-2-3-19-6-11-22(12-7-19)23-13-8-20(9-14-23)4-5-21-10-16-25-24(18-21)15-17-26(28)27(25)29/h10-12,15-22,25H,2-9,13-14H2,1H3;8-10,13-19,22H,2-7,11-12H2,1H3. The van der Waals surface area contributed by atoms with Crippen LogP contribution in [0.2, 0.25) is 0 Å². The van der Waals surface area contributed by atoms with Crippen molar-refractivity contribution in [3.8, 4) is 0 Å². The lowest BCUT2D eigenvalue weighted by atomic mass is 9.77. The molecule has 0 aromatic heterocycles. The number of hydrogen-bond acceptors (Lipinski definition) is 0. The van der Waals surface area contributed by atoms with Gasteiger partial charge in [0, 0.05) is 5.39 Å². The maximum absolute atomic E-state index is 13.9. The largest absolute Gasteiger partial charge is 0.207 e. The highest BCUT2D eigenvalue weighted by Crippen LogP contribution is 2.39. The van der Waals surface area contributed by atoms with Crippen molar-refractivity contribution in [2.45, 2.75) is 141 Å². The van der Waals surface area contributed by atoms with E-state index in [4.69, 9.17) is 0 Å². The van der Waals surface area contributed by atoms with Gasteiger partial charge in [0.05, 0.1) is 0 Å². The molecule has 2 aliphatic rings. The number of rotatable bonds is 14. The van der Waals surface area contributed by atoms with Crippen molar-refractivity contribution in [3.63, 3.8) is 0 Å². The average Bonchev–Trinajstić information content (AvgIpc) is 3.27. The molecule has 0 nitrogen and oxygen atoms in total.